The van der Waals surface area contributed by atoms with Crippen molar-refractivity contribution in [2.75, 3.05) is 0 Å². The highest BCUT2D eigenvalue weighted by molar-refractivity contribution is 5.99. The van der Waals surface area contributed by atoms with Crippen LogP contribution < -0.4 is 21.3 Å². The first kappa shape index (κ1) is 10.2. The van der Waals surface area contributed by atoms with Crippen LogP contribution in [-0.4, -0.2) is 11.7 Å². The molecule has 17 heavy (non-hydrogen) atoms. The Balaban J connectivity index is 1.78. The summed E-state index contributed by atoms with van der Waals surface area (Å²) < 4.78 is 0. The van der Waals surface area contributed by atoms with E-state index in [0.717, 1.165) is 11.4 Å². The van der Waals surface area contributed by atoms with E-state index in [2.05, 4.69) is 32.1 Å². The van der Waals surface area contributed by atoms with Crippen LogP contribution in [0.15, 0.2) is 40.5 Å². The molecule has 8 nitrogen and oxygen atoms in total. The van der Waals surface area contributed by atoms with E-state index in [1.807, 2.05) is 37.3 Å². The van der Waals surface area contributed by atoms with Gasteiger partial charge in [0, 0.05) is 5.56 Å². The fraction of sp³-hybridized carbons (Fsp3) is 0.111. The third kappa shape index (κ3) is 1.97. The predicted molar refractivity (Wildman–Crippen MR) is 61.0 cm³/mol. The lowest BCUT2D eigenvalue weighted by Gasteiger charge is -2.25. The molecule has 0 bridgehead atoms. The summed E-state index contributed by atoms with van der Waals surface area (Å²) in [7, 11) is 0. The summed E-state index contributed by atoms with van der Waals surface area (Å²) in [4.78, 5) is 0. The highest BCUT2D eigenvalue weighted by atomic mass is 16.2. The van der Waals surface area contributed by atoms with Crippen molar-refractivity contribution in [1.29, 1.82) is 0 Å². The summed E-state index contributed by atoms with van der Waals surface area (Å²) in [5, 5.41) is 9.52. The maximum Gasteiger partial charge on any atom is 0.181 e. The molecular weight excluding hydrogens is 220 g/mol. The Bertz CT molecular complexity index is 467. The normalized spacial score (nSPS) is 27.1. The van der Waals surface area contributed by atoms with E-state index < -0.39 is 0 Å². The van der Waals surface area contributed by atoms with Crippen LogP contribution >= 0.6 is 0 Å². The van der Waals surface area contributed by atoms with E-state index in [-0.39, 0.29) is 0 Å². The number of nitrogens with zero attached hydrogens (tertiary/aromatic N) is 4. The summed E-state index contributed by atoms with van der Waals surface area (Å²) in [6.07, 6.45) is 0. The average molecular weight is 232 g/mol. The van der Waals surface area contributed by atoms with Crippen molar-refractivity contribution in [3.63, 3.8) is 0 Å². The zero-order valence-corrected chi connectivity index (χ0v) is 9.18. The van der Waals surface area contributed by atoms with Gasteiger partial charge in [0.15, 0.2) is 5.84 Å². The maximum absolute atomic E-state index is 4.35. The zero-order chi connectivity index (χ0) is 11.7. The molecule has 0 saturated heterocycles. The molecule has 2 aliphatic heterocycles. The topological polar surface area (TPSA) is 85.9 Å². The Kier molecular flexibility index (Phi) is 2.46. The molecule has 1 aromatic rings. The van der Waals surface area contributed by atoms with Crippen molar-refractivity contribution in [1.82, 2.24) is 10.9 Å². The minimum absolute atomic E-state index is 0.494. The third-order valence-electron chi connectivity index (χ3n) is 2.33. The Morgan fingerprint density at radius 3 is 2.41 bits per heavy atom. The minimum atomic E-state index is 0.494. The Hall–Kier alpha value is -2.00. The molecule has 2 atom stereocenters. The highest BCUT2D eigenvalue weighted by Gasteiger charge is 2.20. The molecule has 0 saturated carbocycles. The number of nitrogens with one attached hydrogen (secondary N) is 4. The number of rotatable bonds is 2. The third-order valence-corrected chi connectivity index (χ3v) is 2.33. The Morgan fingerprint density at radius 1 is 1.00 bits per heavy atom. The van der Waals surface area contributed by atoms with Gasteiger partial charge in [-0.25, -0.2) is 0 Å². The van der Waals surface area contributed by atoms with E-state index >= 15 is 0 Å². The monoisotopic (exact) mass is 232 g/mol. The second kappa shape index (κ2) is 4.11. The van der Waals surface area contributed by atoms with Crippen molar-refractivity contribution in [2.45, 2.75) is 6.92 Å². The van der Waals surface area contributed by atoms with Crippen LogP contribution in [0.5, 0.6) is 0 Å². The van der Waals surface area contributed by atoms with E-state index in [1.54, 1.807) is 0 Å². The number of hydrogen-bond acceptors (Lipinski definition) is 4. The van der Waals surface area contributed by atoms with E-state index in [0.29, 0.717) is 16.3 Å². The Morgan fingerprint density at radius 2 is 1.71 bits per heavy atom. The van der Waals surface area contributed by atoms with Crippen LogP contribution in [0.25, 0.3) is 11.1 Å². The summed E-state index contributed by atoms with van der Waals surface area (Å²) in [6, 6.07) is 9.80. The molecule has 2 aliphatic rings. The molecule has 0 aliphatic carbocycles. The molecule has 0 spiro atoms. The van der Waals surface area contributed by atoms with Crippen molar-refractivity contribution in [3.8, 4) is 0 Å². The van der Waals surface area contributed by atoms with Gasteiger partial charge in [0.05, 0.1) is 0 Å². The van der Waals surface area contributed by atoms with Gasteiger partial charge in [-0.3, -0.25) is 11.1 Å². The van der Waals surface area contributed by atoms with Crippen molar-refractivity contribution < 1.29 is 10.5 Å². The van der Waals surface area contributed by atoms with Crippen molar-refractivity contribution in [3.05, 3.63) is 47.0 Å². The van der Waals surface area contributed by atoms with Crippen molar-refractivity contribution >= 4 is 11.7 Å². The molecule has 0 amide bonds. The van der Waals surface area contributed by atoms with Crippen LogP contribution in [0, 0.1) is 0 Å². The fourth-order valence-electron chi connectivity index (χ4n) is 1.53. The van der Waals surface area contributed by atoms with Gasteiger partial charge < -0.3 is 10.9 Å². The lowest BCUT2D eigenvalue weighted by atomic mass is 10.2. The minimum Gasteiger partial charge on any atom is -0.417 e. The molecule has 2 unspecified atom stereocenters. The predicted octanol–water partition coefficient (Wildman–Crippen LogP) is -2.02. The molecule has 3 rings (SSSR count). The molecule has 1 aromatic carbocycles. The van der Waals surface area contributed by atoms with Gasteiger partial charge in [-0.15, -0.1) is 0 Å². The maximum atomic E-state index is 4.35. The van der Waals surface area contributed by atoms with Crippen LogP contribution in [0.2, 0.25) is 0 Å². The molecule has 4 N–H and O–H groups in total. The van der Waals surface area contributed by atoms with Gasteiger partial charge in [-0.1, -0.05) is 40.8 Å². The lowest BCUT2D eigenvalue weighted by Crippen LogP contribution is -3.51. The van der Waals surface area contributed by atoms with Crippen LogP contribution in [-0.2, 0) is 0 Å². The van der Waals surface area contributed by atoms with Gasteiger partial charge in [0.25, 0.3) is 0 Å². The molecule has 88 valence electrons. The largest absolute Gasteiger partial charge is 0.417 e. The molecule has 0 aromatic heterocycles. The zero-order valence-electron chi connectivity index (χ0n) is 9.18. The summed E-state index contributed by atoms with van der Waals surface area (Å²) >= 11 is 0. The standard InChI is InChI=1S/C9H12N8/c1-7-10-14-16(12-7)17-13-9(11-15-17)8-5-3-2-4-6-8/h2-6,16-17H,1H3,(H,10,12)(H,11,13). The van der Waals surface area contributed by atoms with E-state index in [4.69, 9.17) is 0 Å². The lowest BCUT2D eigenvalue weighted by molar-refractivity contribution is -1.48. The highest BCUT2D eigenvalue weighted by Crippen LogP contribution is 2.00. The second-order valence-electron chi connectivity index (χ2n) is 3.62. The summed E-state index contributed by atoms with van der Waals surface area (Å²) in [5.74, 6) is 1.45. The molecule has 2 heterocycles. The number of benzene rings is 1. The molecule has 0 radical (unpaired) electrons. The average Bonchev–Trinajstić information content (AvgIpc) is 2.98. The van der Waals surface area contributed by atoms with Gasteiger partial charge in [0.2, 0.25) is 0 Å². The summed E-state index contributed by atoms with van der Waals surface area (Å²) in [6.45, 7) is 1.83. The van der Waals surface area contributed by atoms with Crippen molar-refractivity contribution in [2.24, 2.45) is 10.2 Å². The number of hydrogen-bond donors (Lipinski definition) is 4. The number of quaternary nitrogens is 2. The quantitative estimate of drug-likeness (QED) is 0.474. The van der Waals surface area contributed by atoms with Gasteiger partial charge in [0.1, 0.15) is 5.84 Å². The first-order valence-corrected chi connectivity index (χ1v) is 5.20. The number of amidine groups is 2. The first-order chi connectivity index (χ1) is 8.33. The second-order valence-corrected chi connectivity index (χ2v) is 3.62. The summed E-state index contributed by atoms with van der Waals surface area (Å²) in [5.41, 5.74) is 14.7. The van der Waals surface area contributed by atoms with Gasteiger partial charge in [-0.2, -0.15) is 0 Å². The Labute approximate surface area is 97.8 Å². The van der Waals surface area contributed by atoms with Crippen LogP contribution in [0.1, 0.15) is 12.5 Å². The SMILES string of the molecule is CC1=N[NH+]([NH+]2N=C(c3ccccc3)N[N-]2)[N-]N1. The molecule has 8 heteroatoms. The van der Waals surface area contributed by atoms with Gasteiger partial charge in [-0.05, 0) is 17.1 Å². The van der Waals surface area contributed by atoms with Crippen LogP contribution in [0.4, 0.5) is 0 Å². The fourth-order valence-corrected chi connectivity index (χ4v) is 1.53. The van der Waals surface area contributed by atoms with E-state index in [1.165, 1.54) is 0 Å². The van der Waals surface area contributed by atoms with Crippen LogP contribution in [0.3, 0.4) is 0 Å². The van der Waals surface area contributed by atoms with E-state index in [9.17, 15) is 0 Å². The smallest absolute Gasteiger partial charge is 0.181 e. The molecular formula is C9H12N8. The molecule has 0 fully saturated rings. The first-order valence-electron chi connectivity index (χ1n) is 5.20. The van der Waals surface area contributed by atoms with Gasteiger partial charge >= 0.3 is 0 Å².